The van der Waals surface area contributed by atoms with Crippen molar-refractivity contribution in [3.8, 4) is 0 Å². The number of amides is 1. The number of nitro groups is 1. The lowest BCUT2D eigenvalue weighted by Crippen LogP contribution is -2.26. The Hall–Kier alpha value is -2.62. The van der Waals surface area contributed by atoms with E-state index in [0.717, 1.165) is 4.68 Å². The van der Waals surface area contributed by atoms with Gasteiger partial charge >= 0.3 is 6.18 Å². The van der Waals surface area contributed by atoms with E-state index in [2.05, 4.69) is 10.4 Å². The molecular weight excluding hydrogens is 401 g/mol. The Labute approximate surface area is 162 Å². The van der Waals surface area contributed by atoms with Crippen molar-refractivity contribution in [1.29, 1.82) is 0 Å². The summed E-state index contributed by atoms with van der Waals surface area (Å²) in [7, 11) is 0. The number of aromatic nitrogens is 2. The Kier molecular flexibility index (Phi) is 5.09. The molecule has 1 aliphatic rings. The Morgan fingerprint density at radius 3 is 2.57 bits per heavy atom. The summed E-state index contributed by atoms with van der Waals surface area (Å²) in [5, 5.41) is 16.5. The molecule has 1 aromatic carbocycles. The largest absolute Gasteiger partial charge is 0.436 e. The number of carbonyl (C=O) groups excluding carboxylic acids is 1. The summed E-state index contributed by atoms with van der Waals surface area (Å²) in [5.74, 6) is -0.765. The standard InChI is InChI=1S/C17H16ClF3N4O3/c1-8-7-11(25(27)28)5-6-12(8)22-16(26)9(2)24-14(10-3-4-10)13(18)15(23-24)17(19,20)21/h5-7,9-10H,3-4H2,1-2H3,(H,22,26). The lowest BCUT2D eigenvalue weighted by Gasteiger charge is -2.16. The van der Waals surface area contributed by atoms with Crippen LogP contribution in [0, 0.1) is 17.0 Å². The molecule has 0 radical (unpaired) electrons. The molecule has 1 heterocycles. The topological polar surface area (TPSA) is 90.1 Å². The molecule has 1 unspecified atom stereocenters. The number of anilines is 1. The number of hydrogen-bond donors (Lipinski definition) is 1. The lowest BCUT2D eigenvalue weighted by atomic mass is 10.1. The fourth-order valence-electron chi connectivity index (χ4n) is 2.88. The zero-order chi connectivity index (χ0) is 20.8. The van der Waals surface area contributed by atoms with Crippen molar-refractivity contribution < 1.29 is 22.9 Å². The molecule has 2 aromatic rings. The maximum Gasteiger partial charge on any atom is 0.436 e. The Morgan fingerprint density at radius 1 is 1.43 bits per heavy atom. The summed E-state index contributed by atoms with van der Waals surface area (Å²) in [5.41, 5.74) is -0.357. The van der Waals surface area contributed by atoms with Crippen molar-refractivity contribution in [2.24, 2.45) is 0 Å². The lowest BCUT2D eigenvalue weighted by molar-refractivity contribution is -0.384. The van der Waals surface area contributed by atoms with E-state index in [1.807, 2.05) is 0 Å². The highest BCUT2D eigenvalue weighted by molar-refractivity contribution is 6.32. The number of rotatable bonds is 5. The minimum atomic E-state index is -4.73. The predicted molar refractivity (Wildman–Crippen MR) is 95.4 cm³/mol. The smallest absolute Gasteiger partial charge is 0.324 e. The number of nitrogens with zero attached hydrogens (tertiary/aromatic N) is 3. The normalized spacial score (nSPS) is 15.4. The van der Waals surface area contributed by atoms with Crippen LogP contribution in [0.5, 0.6) is 0 Å². The molecule has 0 aliphatic heterocycles. The maximum atomic E-state index is 13.2. The molecule has 1 saturated carbocycles. The molecule has 28 heavy (non-hydrogen) atoms. The SMILES string of the molecule is Cc1cc([N+](=O)[O-])ccc1NC(=O)C(C)n1nc(C(F)(F)F)c(Cl)c1C1CC1. The minimum Gasteiger partial charge on any atom is -0.324 e. The molecule has 11 heteroatoms. The van der Waals surface area contributed by atoms with Gasteiger partial charge in [0.15, 0.2) is 5.69 Å². The fraction of sp³-hybridized carbons (Fsp3) is 0.412. The first kappa shape index (κ1) is 20.1. The molecule has 0 bridgehead atoms. The van der Waals surface area contributed by atoms with Crippen molar-refractivity contribution in [3.05, 3.63) is 50.3 Å². The number of halogens is 4. The third kappa shape index (κ3) is 3.82. The van der Waals surface area contributed by atoms with E-state index < -0.39 is 33.8 Å². The van der Waals surface area contributed by atoms with Crippen LogP contribution in [0.1, 0.15) is 48.7 Å². The van der Waals surface area contributed by atoms with Gasteiger partial charge in [0.25, 0.3) is 5.69 Å². The van der Waals surface area contributed by atoms with Crippen molar-refractivity contribution in [1.82, 2.24) is 9.78 Å². The number of carbonyl (C=O) groups is 1. The summed E-state index contributed by atoms with van der Waals surface area (Å²) in [6.45, 7) is 3.00. The van der Waals surface area contributed by atoms with Crippen LogP contribution >= 0.6 is 11.6 Å². The fourth-order valence-corrected chi connectivity index (χ4v) is 3.26. The minimum absolute atomic E-state index is 0.131. The number of aryl methyl sites for hydroxylation is 1. The van der Waals surface area contributed by atoms with E-state index in [1.165, 1.54) is 25.1 Å². The third-order valence-electron chi connectivity index (χ3n) is 4.54. The number of alkyl halides is 3. The highest BCUT2D eigenvalue weighted by Gasteiger charge is 2.43. The summed E-state index contributed by atoms with van der Waals surface area (Å²) < 4.78 is 40.6. The number of hydrogen-bond acceptors (Lipinski definition) is 4. The van der Waals surface area contributed by atoms with Crippen LogP contribution < -0.4 is 5.32 Å². The summed E-state index contributed by atoms with van der Waals surface area (Å²) >= 11 is 5.93. The van der Waals surface area contributed by atoms with Crippen molar-refractivity contribution in [3.63, 3.8) is 0 Å². The molecule has 3 rings (SSSR count). The highest BCUT2D eigenvalue weighted by atomic mass is 35.5. The molecule has 150 valence electrons. The zero-order valence-corrected chi connectivity index (χ0v) is 15.6. The van der Waals surface area contributed by atoms with Crippen LogP contribution in [0.25, 0.3) is 0 Å². The number of nitrogens with one attached hydrogen (secondary N) is 1. The quantitative estimate of drug-likeness (QED) is 0.557. The molecule has 1 amide bonds. The van der Waals surface area contributed by atoms with Gasteiger partial charge in [-0.15, -0.1) is 0 Å². The van der Waals surface area contributed by atoms with Crippen LogP contribution in [0.2, 0.25) is 5.02 Å². The molecule has 7 nitrogen and oxygen atoms in total. The van der Waals surface area contributed by atoms with E-state index in [4.69, 9.17) is 11.6 Å². The Balaban J connectivity index is 1.89. The molecule has 1 fully saturated rings. The molecule has 0 spiro atoms. The monoisotopic (exact) mass is 416 g/mol. The molecule has 1 aromatic heterocycles. The van der Waals surface area contributed by atoms with Crippen LogP contribution in [-0.2, 0) is 11.0 Å². The van der Waals surface area contributed by atoms with E-state index in [0.29, 0.717) is 24.1 Å². The van der Waals surface area contributed by atoms with E-state index in [9.17, 15) is 28.1 Å². The first-order valence-electron chi connectivity index (χ1n) is 8.41. The van der Waals surface area contributed by atoms with Gasteiger partial charge in [-0.3, -0.25) is 19.6 Å². The second-order valence-electron chi connectivity index (χ2n) is 6.69. The van der Waals surface area contributed by atoms with Gasteiger partial charge in [-0.2, -0.15) is 18.3 Å². The van der Waals surface area contributed by atoms with Gasteiger partial charge in [0.1, 0.15) is 6.04 Å². The first-order valence-corrected chi connectivity index (χ1v) is 8.79. The second kappa shape index (κ2) is 7.08. The number of benzene rings is 1. The maximum absolute atomic E-state index is 13.2. The van der Waals surface area contributed by atoms with E-state index in [1.54, 1.807) is 6.92 Å². The average molecular weight is 417 g/mol. The van der Waals surface area contributed by atoms with E-state index in [-0.39, 0.29) is 17.3 Å². The van der Waals surface area contributed by atoms with Gasteiger partial charge in [0.05, 0.1) is 15.6 Å². The van der Waals surface area contributed by atoms with Crippen molar-refractivity contribution in [2.45, 2.75) is 44.8 Å². The highest BCUT2D eigenvalue weighted by Crippen LogP contribution is 2.47. The first-order chi connectivity index (χ1) is 13.0. The summed E-state index contributed by atoms with van der Waals surface area (Å²) in [6, 6.07) is 2.84. The van der Waals surface area contributed by atoms with Crippen LogP contribution in [0.15, 0.2) is 18.2 Å². The van der Waals surface area contributed by atoms with Gasteiger partial charge < -0.3 is 5.32 Å². The van der Waals surface area contributed by atoms with Crippen LogP contribution in [0.3, 0.4) is 0 Å². The Bertz CT molecular complexity index is 954. The predicted octanol–water partition coefficient (Wildman–Crippen LogP) is 4.85. The van der Waals surface area contributed by atoms with E-state index >= 15 is 0 Å². The van der Waals surface area contributed by atoms with Crippen LogP contribution in [-0.4, -0.2) is 20.6 Å². The zero-order valence-electron chi connectivity index (χ0n) is 14.9. The summed E-state index contributed by atoms with van der Waals surface area (Å²) in [4.78, 5) is 22.9. The number of nitro benzene ring substituents is 1. The molecule has 1 aliphatic carbocycles. The average Bonchev–Trinajstić information content (AvgIpc) is 3.37. The van der Waals surface area contributed by atoms with Gasteiger partial charge in [0.2, 0.25) is 5.91 Å². The van der Waals surface area contributed by atoms with Gasteiger partial charge in [-0.25, -0.2) is 0 Å². The number of non-ortho nitro benzene ring substituents is 1. The van der Waals surface area contributed by atoms with Gasteiger partial charge in [0, 0.05) is 23.7 Å². The van der Waals surface area contributed by atoms with Gasteiger partial charge in [-0.1, -0.05) is 11.6 Å². The molecule has 1 N–H and O–H groups in total. The molecule has 0 saturated heterocycles. The third-order valence-corrected chi connectivity index (χ3v) is 4.92. The van der Waals surface area contributed by atoms with Crippen molar-refractivity contribution >= 4 is 28.9 Å². The van der Waals surface area contributed by atoms with Gasteiger partial charge in [-0.05, 0) is 38.3 Å². The second-order valence-corrected chi connectivity index (χ2v) is 7.06. The summed E-state index contributed by atoms with van der Waals surface area (Å²) in [6.07, 6.45) is -3.37. The Morgan fingerprint density at radius 2 is 2.07 bits per heavy atom. The van der Waals surface area contributed by atoms with Crippen molar-refractivity contribution in [2.75, 3.05) is 5.32 Å². The van der Waals surface area contributed by atoms with Crippen LogP contribution in [0.4, 0.5) is 24.5 Å². The molecule has 1 atom stereocenters. The molecular formula is C17H16ClF3N4O3.